The van der Waals surface area contributed by atoms with Crippen LogP contribution < -0.4 is 10.0 Å². The summed E-state index contributed by atoms with van der Waals surface area (Å²) in [5.74, 6) is 0.490. The number of methoxy groups -OCH3 is 2. The third-order valence-corrected chi connectivity index (χ3v) is 6.43. The predicted octanol–water partition coefficient (Wildman–Crippen LogP) is 2.99. The Morgan fingerprint density at radius 2 is 1.69 bits per heavy atom. The van der Waals surface area contributed by atoms with E-state index in [1.165, 1.54) is 12.1 Å². The van der Waals surface area contributed by atoms with Gasteiger partial charge >= 0.3 is 0 Å². The molecule has 0 bridgehead atoms. The molecule has 29 heavy (non-hydrogen) atoms. The molecule has 1 amide bonds. The number of nitrogens with one attached hydrogen (secondary N) is 2. The average Bonchev–Trinajstić information content (AvgIpc) is 2.72. The van der Waals surface area contributed by atoms with Gasteiger partial charge in [-0.15, -0.1) is 11.8 Å². The van der Waals surface area contributed by atoms with E-state index >= 15 is 0 Å². The first-order chi connectivity index (χ1) is 14.0. The zero-order chi connectivity index (χ0) is 21.1. The van der Waals surface area contributed by atoms with Crippen LogP contribution in [0.1, 0.15) is 16.8 Å². The summed E-state index contributed by atoms with van der Waals surface area (Å²) < 4.78 is 37.0. The van der Waals surface area contributed by atoms with Crippen molar-refractivity contribution in [1.82, 2.24) is 4.72 Å². The van der Waals surface area contributed by atoms with E-state index in [0.717, 1.165) is 10.6 Å². The topological polar surface area (TPSA) is 93.7 Å². The van der Waals surface area contributed by atoms with Crippen molar-refractivity contribution >= 4 is 33.4 Å². The van der Waals surface area contributed by atoms with Crippen LogP contribution in [0.4, 0.5) is 5.69 Å². The van der Waals surface area contributed by atoms with Crippen molar-refractivity contribution in [3.05, 3.63) is 54.1 Å². The van der Waals surface area contributed by atoms with Gasteiger partial charge in [-0.1, -0.05) is 12.1 Å². The summed E-state index contributed by atoms with van der Waals surface area (Å²) in [6, 6.07) is 13.4. The second kappa shape index (κ2) is 11.9. The van der Waals surface area contributed by atoms with Crippen LogP contribution in [-0.4, -0.2) is 54.1 Å². The van der Waals surface area contributed by atoms with Crippen molar-refractivity contribution in [3.63, 3.8) is 0 Å². The van der Waals surface area contributed by atoms with Crippen LogP contribution in [0.3, 0.4) is 0 Å². The molecular weight excluding hydrogens is 412 g/mol. The van der Waals surface area contributed by atoms with E-state index in [9.17, 15) is 13.2 Å². The van der Waals surface area contributed by atoms with Crippen molar-refractivity contribution in [1.29, 1.82) is 0 Å². The zero-order valence-corrected chi connectivity index (χ0v) is 18.1. The molecule has 0 saturated heterocycles. The molecule has 0 unspecified atom stereocenters. The molecule has 2 N–H and O–H groups in total. The molecule has 0 saturated carbocycles. The van der Waals surface area contributed by atoms with Gasteiger partial charge in [-0.3, -0.25) is 4.79 Å². The largest absolute Gasteiger partial charge is 0.385 e. The van der Waals surface area contributed by atoms with E-state index < -0.39 is 10.0 Å². The summed E-state index contributed by atoms with van der Waals surface area (Å²) in [6.45, 7) is 1.38. The van der Waals surface area contributed by atoms with Gasteiger partial charge in [0.1, 0.15) is 0 Å². The summed E-state index contributed by atoms with van der Waals surface area (Å²) in [6.07, 6.45) is 0.589. The van der Waals surface area contributed by atoms with Crippen molar-refractivity contribution < 1.29 is 22.7 Å². The molecule has 2 aromatic rings. The number of amides is 1. The number of thioether (sulfide) groups is 1. The van der Waals surface area contributed by atoms with E-state index in [0.29, 0.717) is 37.4 Å². The fraction of sp³-hybridized carbons (Fsp3) is 0.350. The number of rotatable bonds is 12. The van der Waals surface area contributed by atoms with Crippen LogP contribution in [0.25, 0.3) is 0 Å². The van der Waals surface area contributed by atoms with Gasteiger partial charge in [0.2, 0.25) is 10.0 Å². The second-order valence-electron chi connectivity index (χ2n) is 6.06. The van der Waals surface area contributed by atoms with Gasteiger partial charge in [0.25, 0.3) is 5.91 Å². The average molecular weight is 439 g/mol. The van der Waals surface area contributed by atoms with Gasteiger partial charge < -0.3 is 14.8 Å². The molecule has 0 heterocycles. The maximum Gasteiger partial charge on any atom is 0.256 e. The molecule has 2 rings (SSSR count). The Kier molecular flexibility index (Phi) is 9.62. The summed E-state index contributed by atoms with van der Waals surface area (Å²) >= 11 is 1.54. The standard InChI is InChI=1S/C20H26N2O5S2/c1-26-13-5-12-21-29(24,25)17-10-8-16(9-11-17)22-20(23)18-6-3-4-7-19(18)28-15-14-27-2/h3-4,6-11,21H,5,12-15H2,1-2H3,(H,22,23). The maximum atomic E-state index is 12.7. The summed E-state index contributed by atoms with van der Waals surface area (Å²) in [5, 5.41) is 2.81. The molecule has 0 aliphatic carbocycles. The number of hydrogen-bond donors (Lipinski definition) is 2. The van der Waals surface area contributed by atoms with Crippen LogP contribution in [0.2, 0.25) is 0 Å². The van der Waals surface area contributed by atoms with Gasteiger partial charge in [-0.25, -0.2) is 13.1 Å². The predicted molar refractivity (Wildman–Crippen MR) is 115 cm³/mol. The first-order valence-corrected chi connectivity index (χ1v) is 11.6. The number of sulfonamides is 1. The third kappa shape index (κ3) is 7.45. The molecule has 0 atom stereocenters. The number of hydrogen-bond acceptors (Lipinski definition) is 6. The van der Waals surface area contributed by atoms with Gasteiger partial charge in [-0.2, -0.15) is 0 Å². The Balaban J connectivity index is 2.02. The fourth-order valence-electron chi connectivity index (χ4n) is 2.44. The van der Waals surface area contributed by atoms with Gasteiger partial charge in [0.05, 0.1) is 17.1 Å². The quantitative estimate of drug-likeness (QED) is 0.391. The van der Waals surface area contributed by atoms with Crippen LogP contribution in [0.5, 0.6) is 0 Å². The van der Waals surface area contributed by atoms with Crippen LogP contribution in [0.15, 0.2) is 58.3 Å². The number of ether oxygens (including phenoxy) is 2. The van der Waals surface area contributed by atoms with E-state index in [2.05, 4.69) is 10.0 Å². The summed E-state index contributed by atoms with van der Waals surface area (Å²) in [4.78, 5) is 13.7. The van der Waals surface area contributed by atoms with Crippen molar-refractivity contribution in [2.75, 3.05) is 45.0 Å². The number of carbonyl (C=O) groups is 1. The van der Waals surface area contributed by atoms with E-state index in [1.807, 2.05) is 12.1 Å². The minimum atomic E-state index is -3.59. The first-order valence-electron chi connectivity index (χ1n) is 9.08. The highest BCUT2D eigenvalue weighted by Crippen LogP contribution is 2.24. The van der Waals surface area contributed by atoms with Gasteiger partial charge in [-0.05, 0) is 42.8 Å². The Morgan fingerprint density at radius 3 is 2.38 bits per heavy atom. The fourth-order valence-corrected chi connectivity index (χ4v) is 4.47. The molecule has 0 aliphatic heterocycles. The lowest BCUT2D eigenvalue weighted by Gasteiger charge is -2.11. The third-order valence-electron chi connectivity index (χ3n) is 3.92. The lowest BCUT2D eigenvalue weighted by atomic mass is 10.2. The molecule has 7 nitrogen and oxygen atoms in total. The molecule has 158 valence electrons. The van der Waals surface area contributed by atoms with Crippen LogP contribution in [-0.2, 0) is 19.5 Å². The highest BCUT2D eigenvalue weighted by molar-refractivity contribution is 7.99. The molecule has 9 heteroatoms. The summed E-state index contributed by atoms with van der Waals surface area (Å²) in [5.41, 5.74) is 1.08. The van der Waals surface area contributed by atoms with E-state index in [4.69, 9.17) is 9.47 Å². The van der Waals surface area contributed by atoms with Crippen LogP contribution in [0, 0.1) is 0 Å². The highest BCUT2D eigenvalue weighted by Gasteiger charge is 2.15. The molecule has 0 spiro atoms. The SMILES string of the molecule is COCCCNS(=O)(=O)c1ccc(NC(=O)c2ccccc2SCCOC)cc1. The zero-order valence-electron chi connectivity index (χ0n) is 16.5. The molecule has 0 aliphatic rings. The van der Waals surface area contributed by atoms with Crippen molar-refractivity contribution in [2.45, 2.75) is 16.2 Å². The second-order valence-corrected chi connectivity index (χ2v) is 8.96. The maximum absolute atomic E-state index is 12.7. The Morgan fingerprint density at radius 1 is 1.00 bits per heavy atom. The molecular formula is C20H26N2O5S2. The molecule has 0 radical (unpaired) electrons. The molecule has 0 fully saturated rings. The van der Waals surface area contributed by atoms with Crippen LogP contribution >= 0.6 is 11.8 Å². The monoisotopic (exact) mass is 438 g/mol. The number of anilines is 1. The molecule has 0 aromatic heterocycles. The Labute approximate surface area is 176 Å². The normalized spacial score (nSPS) is 11.4. The number of benzene rings is 2. The van der Waals surface area contributed by atoms with Crippen molar-refractivity contribution in [3.8, 4) is 0 Å². The highest BCUT2D eigenvalue weighted by atomic mass is 32.2. The Hall–Kier alpha value is -1.91. The van der Waals surface area contributed by atoms with E-state index in [1.54, 1.807) is 50.2 Å². The summed E-state index contributed by atoms with van der Waals surface area (Å²) in [7, 11) is -0.386. The van der Waals surface area contributed by atoms with Gasteiger partial charge in [0.15, 0.2) is 0 Å². The van der Waals surface area contributed by atoms with Crippen molar-refractivity contribution in [2.24, 2.45) is 0 Å². The smallest absolute Gasteiger partial charge is 0.256 e. The minimum Gasteiger partial charge on any atom is -0.385 e. The lowest BCUT2D eigenvalue weighted by molar-refractivity contribution is 0.102. The minimum absolute atomic E-state index is 0.142. The lowest BCUT2D eigenvalue weighted by Crippen LogP contribution is -2.25. The Bertz CT molecular complexity index is 886. The van der Waals surface area contributed by atoms with E-state index in [-0.39, 0.29) is 10.8 Å². The first kappa shape index (κ1) is 23.4. The van der Waals surface area contributed by atoms with Gasteiger partial charge in [0, 0.05) is 43.7 Å². The number of carbonyl (C=O) groups excluding carboxylic acids is 1. The molecule has 2 aromatic carbocycles.